The molecule has 186 valence electrons. The number of amides is 2. The third-order valence-corrected chi connectivity index (χ3v) is 6.96. The summed E-state index contributed by atoms with van der Waals surface area (Å²) in [5, 5.41) is 24.7. The zero-order chi connectivity index (χ0) is 24.8. The number of aliphatic hydroxyl groups excluding tert-OH is 1. The van der Waals surface area contributed by atoms with Gasteiger partial charge in [-0.3, -0.25) is 9.59 Å². The Labute approximate surface area is 204 Å². The minimum Gasteiger partial charge on any atom is -0.481 e. The van der Waals surface area contributed by atoms with Crippen LogP contribution in [-0.2, 0) is 14.3 Å². The molecule has 2 atom stereocenters. The number of hydrogen-bond acceptors (Lipinski definition) is 5. The van der Waals surface area contributed by atoms with Gasteiger partial charge >= 0.3 is 12.1 Å². The van der Waals surface area contributed by atoms with Crippen molar-refractivity contribution in [2.24, 2.45) is 5.92 Å². The van der Waals surface area contributed by atoms with Gasteiger partial charge in [0.15, 0.2) is 0 Å². The highest BCUT2D eigenvalue weighted by Gasteiger charge is 2.30. The molecule has 4 rings (SSSR count). The molecule has 0 bridgehead atoms. The van der Waals surface area contributed by atoms with Gasteiger partial charge in [-0.1, -0.05) is 61.4 Å². The molecule has 2 aliphatic carbocycles. The zero-order valence-electron chi connectivity index (χ0n) is 19.6. The number of fused-ring (bicyclic) bond motifs is 3. The van der Waals surface area contributed by atoms with Crippen molar-refractivity contribution in [1.29, 1.82) is 0 Å². The van der Waals surface area contributed by atoms with Crippen LogP contribution in [0.25, 0.3) is 11.1 Å². The van der Waals surface area contributed by atoms with Gasteiger partial charge in [-0.2, -0.15) is 0 Å². The fourth-order valence-electron chi connectivity index (χ4n) is 5.29. The van der Waals surface area contributed by atoms with E-state index in [9.17, 15) is 19.5 Å². The molecule has 8 heteroatoms. The van der Waals surface area contributed by atoms with E-state index < -0.39 is 30.1 Å². The van der Waals surface area contributed by atoms with E-state index in [1.54, 1.807) is 0 Å². The molecule has 4 N–H and O–H groups in total. The molecule has 2 aliphatic rings. The normalized spacial score (nSPS) is 16.7. The van der Waals surface area contributed by atoms with Crippen LogP contribution >= 0.6 is 0 Å². The maximum Gasteiger partial charge on any atom is 0.407 e. The summed E-state index contributed by atoms with van der Waals surface area (Å²) in [7, 11) is 0. The average molecular weight is 481 g/mol. The largest absolute Gasteiger partial charge is 0.481 e. The molecule has 0 saturated heterocycles. The third-order valence-electron chi connectivity index (χ3n) is 6.96. The van der Waals surface area contributed by atoms with Crippen molar-refractivity contribution in [1.82, 2.24) is 10.6 Å². The van der Waals surface area contributed by atoms with E-state index in [1.165, 1.54) is 0 Å². The van der Waals surface area contributed by atoms with Gasteiger partial charge in [-0.05, 0) is 41.0 Å². The fraction of sp³-hybridized carbons (Fsp3) is 0.444. The first kappa shape index (κ1) is 24.7. The van der Waals surface area contributed by atoms with E-state index >= 15 is 0 Å². The van der Waals surface area contributed by atoms with Gasteiger partial charge in [0, 0.05) is 18.5 Å². The van der Waals surface area contributed by atoms with Gasteiger partial charge in [0.05, 0.1) is 18.9 Å². The van der Waals surface area contributed by atoms with E-state index in [-0.39, 0.29) is 37.8 Å². The first-order valence-corrected chi connectivity index (χ1v) is 12.2. The number of ether oxygens (including phenoxy) is 1. The van der Waals surface area contributed by atoms with Gasteiger partial charge < -0.3 is 25.6 Å². The van der Waals surface area contributed by atoms with Crippen molar-refractivity contribution < 1.29 is 29.3 Å². The first-order chi connectivity index (χ1) is 16.9. The summed E-state index contributed by atoms with van der Waals surface area (Å²) in [4.78, 5) is 35.8. The molecule has 1 saturated carbocycles. The van der Waals surface area contributed by atoms with Crippen molar-refractivity contribution in [3.05, 3.63) is 59.7 Å². The molecule has 0 heterocycles. The van der Waals surface area contributed by atoms with Crippen LogP contribution in [0.5, 0.6) is 0 Å². The van der Waals surface area contributed by atoms with Crippen LogP contribution in [0.4, 0.5) is 4.79 Å². The predicted molar refractivity (Wildman–Crippen MR) is 130 cm³/mol. The average Bonchev–Trinajstić information content (AvgIpc) is 3.48. The quantitative estimate of drug-likeness (QED) is 0.413. The smallest absolute Gasteiger partial charge is 0.407 e. The molecule has 35 heavy (non-hydrogen) atoms. The molecule has 0 radical (unpaired) electrons. The number of benzene rings is 2. The lowest BCUT2D eigenvalue weighted by Gasteiger charge is -2.24. The van der Waals surface area contributed by atoms with Gasteiger partial charge in [-0.25, -0.2) is 4.79 Å². The van der Waals surface area contributed by atoms with Crippen LogP contribution < -0.4 is 10.6 Å². The van der Waals surface area contributed by atoms with E-state index in [4.69, 9.17) is 9.84 Å². The first-order valence-electron chi connectivity index (χ1n) is 12.2. The Morgan fingerprint density at radius 3 is 2.14 bits per heavy atom. The molecule has 0 aromatic heterocycles. The van der Waals surface area contributed by atoms with E-state index in [0.717, 1.165) is 47.9 Å². The molecular weight excluding hydrogens is 448 g/mol. The Balaban J connectivity index is 1.23. The molecule has 2 amide bonds. The van der Waals surface area contributed by atoms with Crippen LogP contribution in [0.15, 0.2) is 48.5 Å². The molecular formula is C27H32N2O6. The number of aliphatic hydroxyl groups is 1. The van der Waals surface area contributed by atoms with Gasteiger partial charge in [0.25, 0.3) is 0 Å². The van der Waals surface area contributed by atoms with Crippen LogP contribution in [0.3, 0.4) is 0 Å². The number of rotatable bonds is 10. The number of carboxylic acid groups (broad SMARTS) is 1. The Morgan fingerprint density at radius 2 is 1.54 bits per heavy atom. The Morgan fingerprint density at radius 1 is 0.943 bits per heavy atom. The van der Waals surface area contributed by atoms with Crippen molar-refractivity contribution >= 4 is 18.0 Å². The maximum absolute atomic E-state index is 12.4. The number of hydrogen-bond donors (Lipinski definition) is 4. The highest BCUT2D eigenvalue weighted by atomic mass is 16.5. The summed E-state index contributed by atoms with van der Waals surface area (Å²) in [6.07, 6.45) is 1.71. The highest BCUT2D eigenvalue weighted by molar-refractivity contribution is 5.79. The molecule has 0 aliphatic heterocycles. The maximum atomic E-state index is 12.4. The third kappa shape index (κ3) is 6.19. The standard InChI is InChI=1S/C27H32N2O6/c30-18(13-25(31)29-24(14-26(32)33)17-7-1-2-8-17)15-28-27(34)35-16-23-21-11-5-3-9-19(21)20-10-4-6-12-22(20)23/h3-6,9-12,17-18,23-24,30H,1-2,7-8,13-16H2,(H,28,34)(H,29,31)(H,32,33). The number of aliphatic carboxylic acids is 1. The topological polar surface area (TPSA) is 125 Å². The van der Waals surface area contributed by atoms with Crippen molar-refractivity contribution in [3.63, 3.8) is 0 Å². The molecule has 2 aromatic carbocycles. The van der Waals surface area contributed by atoms with Gasteiger partial charge in [0.1, 0.15) is 6.61 Å². The SMILES string of the molecule is O=C(O)CC(NC(=O)CC(O)CNC(=O)OCC1c2ccccc2-c2ccccc21)C1CCCC1. The molecule has 2 unspecified atom stereocenters. The highest BCUT2D eigenvalue weighted by Crippen LogP contribution is 2.44. The minimum absolute atomic E-state index is 0.0643. The summed E-state index contributed by atoms with van der Waals surface area (Å²) < 4.78 is 5.44. The number of carboxylic acids is 1. The number of carbonyl (C=O) groups excluding carboxylic acids is 2. The van der Waals surface area contributed by atoms with Crippen molar-refractivity contribution in [2.45, 2.75) is 56.6 Å². The van der Waals surface area contributed by atoms with Crippen molar-refractivity contribution in [2.75, 3.05) is 13.2 Å². The predicted octanol–water partition coefficient (Wildman–Crippen LogP) is 3.43. The Hall–Kier alpha value is -3.39. The Kier molecular flexibility index (Phi) is 8.02. The molecule has 0 spiro atoms. The van der Waals surface area contributed by atoms with E-state index in [2.05, 4.69) is 22.8 Å². The van der Waals surface area contributed by atoms with Crippen molar-refractivity contribution in [3.8, 4) is 11.1 Å². The molecule has 2 aromatic rings. The Bertz CT molecular complexity index is 1020. The molecule has 1 fully saturated rings. The minimum atomic E-state index is -1.11. The zero-order valence-corrected chi connectivity index (χ0v) is 19.6. The summed E-state index contributed by atoms with van der Waals surface area (Å²) in [6.45, 7) is 0.0197. The lowest BCUT2D eigenvalue weighted by molar-refractivity contribution is -0.138. The summed E-state index contributed by atoms with van der Waals surface area (Å²) in [5.41, 5.74) is 4.49. The van der Waals surface area contributed by atoms with E-state index in [0.29, 0.717) is 0 Å². The summed E-state index contributed by atoms with van der Waals surface area (Å²) in [5.74, 6) is -1.30. The summed E-state index contributed by atoms with van der Waals surface area (Å²) >= 11 is 0. The van der Waals surface area contributed by atoms with Gasteiger partial charge in [0.2, 0.25) is 5.91 Å². The second-order valence-electron chi connectivity index (χ2n) is 9.38. The number of carbonyl (C=O) groups is 3. The molecule has 8 nitrogen and oxygen atoms in total. The number of alkyl carbamates (subject to hydrolysis) is 1. The number of nitrogens with one attached hydrogen (secondary N) is 2. The van der Waals surface area contributed by atoms with Crippen LogP contribution in [-0.4, -0.2) is 53.5 Å². The monoisotopic (exact) mass is 480 g/mol. The van der Waals surface area contributed by atoms with Gasteiger partial charge in [-0.15, -0.1) is 0 Å². The van der Waals surface area contributed by atoms with E-state index in [1.807, 2.05) is 36.4 Å². The fourth-order valence-corrected chi connectivity index (χ4v) is 5.29. The van der Waals surface area contributed by atoms with Crippen LogP contribution in [0.2, 0.25) is 0 Å². The summed E-state index contributed by atoms with van der Waals surface area (Å²) in [6, 6.07) is 15.7. The second-order valence-corrected chi connectivity index (χ2v) is 9.38. The van der Waals surface area contributed by atoms with Crippen LogP contribution in [0.1, 0.15) is 55.6 Å². The lowest BCUT2D eigenvalue weighted by Crippen LogP contribution is -2.43. The lowest BCUT2D eigenvalue weighted by atomic mass is 9.95. The van der Waals surface area contributed by atoms with Crippen LogP contribution in [0, 0.1) is 5.92 Å². The second kappa shape index (κ2) is 11.4.